The Hall–Kier alpha value is -0.630. The molecule has 1 rings (SSSR count). The highest BCUT2D eigenvalue weighted by Gasteiger charge is 2.46. The van der Waals surface area contributed by atoms with E-state index in [9.17, 15) is 14.4 Å². The van der Waals surface area contributed by atoms with Crippen molar-refractivity contribution in [1.82, 2.24) is 0 Å². The summed E-state index contributed by atoms with van der Waals surface area (Å²) in [6.45, 7) is 10.6. The van der Waals surface area contributed by atoms with Crippen molar-refractivity contribution >= 4 is 7.60 Å². The second-order valence-electron chi connectivity index (χ2n) is 7.61. The van der Waals surface area contributed by atoms with Crippen LogP contribution in [0.2, 0.25) is 0 Å². The van der Waals surface area contributed by atoms with Gasteiger partial charge in [-0.2, -0.15) is 0 Å². The molecule has 0 fully saturated rings. The Morgan fingerprint density at radius 3 is 1.57 bits per heavy atom. The molecule has 1 aromatic carbocycles. The fourth-order valence-corrected chi connectivity index (χ4v) is 4.48. The smallest absolute Gasteiger partial charge is 0.324 e. The quantitative estimate of drug-likeness (QED) is 0.593. The van der Waals surface area contributed by atoms with E-state index in [4.69, 9.17) is 0 Å². The van der Waals surface area contributed by atoms with Gasteiger partial charge >= 0.3 is 7.60 Å². The van der Waals surface area contributed by atoms with Gasteiger partial charge in [0.05, 0.1) is 5.16 Å². The maximum atomic E-state index is 12.4. The molecule has 0 spiro atoms. The summed E-state index contributed by atoms with van der Waals surface area (Å²) in [5, 5.41) is -1.03. The Kier molecular flexibility index (Phi) is 7.07. The number of rotatable bonds is 8. The molecular formula is C19H33O3P. The van der Waals surface area contributed by atoms with Gasteiger partial charge in [0.1, 0.15) is 0 Å². The Bertz CT molecular complexity index is 515. The number of benzene rings is 1. The largest absolute Gasteiger partial charge is 0.335 e. The Labute approximate surface area is 141 Å². The molecule has 0 saturated heterocycles. The Morgan fingerprint density at radius 2 is 1.26 bits per heavy atom. The van der Waals surface area contributed by atoms with E-state index in [1.54, 1.807) is 0 Å². The van der Waals surface area contributed by atoms with Gasteiger partial charge in [-0.3, -0.25) is 4.57 Å². The fraction of sp³-hybridized carbons (Fsp3) is 0.684. The van der Waals surface area contributed by atoms with E-state index >= 15 is 0 Å². The number of unbranched alkanes of at least 4 members (excludes halogenated alkanes) is 2. The molecule has 0 aliphatic carbocycles. The molecule has 3 nitrogen and oxygen atoms in total. The van der Waals surface area contributed by atoms with Crippen LogP contribution in [0.15, 0.2) is 24.3 Å². The van der Waals surface area contributed by atoms with Gasteiger partial charge in [0.2, 0.25) is 0 Å². The van der Waals surface area contributed by atoms with Crippen LogP contribution in [0.3, 0.4) is 0 Å². The van der Waals surface area contributed by atoms with Crippen LogP contribution in [-0.2, 0) is 15.1 Å². The standard InChI is InChI=1S/C19H33O3P/c1-6-8-14-19(15-9-7-2,23(20,21)22)17-12-10-16(11-13-17)18(3,4)5/h10-13H,6-9,14-15H2,1-5H3,(H2,20,21,22). The minimum Gasteiger partial charge on any atom is -0.324 e. The molecule has 0 amide bonds. The molecule has 0 radical (unpaired) electrons. The maximum Gasteiger partial charge on any atom is 0.335 e. The summed E-state index contributed by atoms with van der Waals surface area (Å²) in [7, 11) is -4.24. The summed E-state index contributed by atoms with van der Waals surface area (Å²) in [5.74, 6) is 0. The van der Waals surface area contributed by atoms with E-state index in [1.165, 1.54) is 5.56 Å². The summed E-state index contributed by atoms with van der Waals surface area (Å²) in [6, 6.07) is 7.92. The molecule has 0 aliphatic rings. The second-order valence-corrected chi connectivity index (χ2v) is 9.55. The SMILES string of the molecule is CCCCC(CCCC)(c1ccc(C(C)(C)C)cc1)P(=O)(O)O. The highest BCUT2D eigenvalue weighted by atomic mass is 31.2. The van der Waals surface area contributed by atoms with Crippen LogP contribution in [0.1, 0.15) is 84.3 Å². The van der Waals surface area contributed by atoms with Crippen LogP contribution in [0.4, 0.5) is 0 Å². The molecule has 0 atom stereocenters. The molecule has 0 aliphatic heterocycles. The maximum absolute atomic E-state index is 12.4. The summed E-state index contributed by atoms with van der Waals surface area (Å²) >= 11 is 0. The van der Waals surface area contributed by atoms with Crippen molar-refractivity contribution in [2.75, 3.05) is 0 Å². The molecule has 23 heavy (non-hydrogen) atoms. The highest BCUT2D eigenvalue weighted by molar-refractivity contribution is 7.53. The van der Waals surface area contributed by atoms with Crippen LogP contribution >= 0.6 is 7.60 Å². The van der Waals surface area contributed by atoms with Crippen LogP contribution < -0.4 is 0 Å². The van der Waals surface area contributed by atoms with Crippen molar-refractivity contribution < 1.29 is 14.4 Å². The summed E-state index contributed by atoms with van der Waals surface area (Å²) in [5.41, 5.74) is 2.02. The highest BCUT2D eigenvalue weighted by Crippen LogP contribution is 2.62. The molecule has 0 unspecified atom stereocenters. The van der Waals surface area contributed by atoms with Gasteiger partial charge in [0.15, 0.2) is 0 Å². The molecule has 132 valence electrons. The molecule has 0 bridgehead atoms. The second kappa shape index (κ2) is 7.96. The Balaban J connectivity index is 3.34. The van der Waals surface area contributed by atoms with Crippen molar-refractivity contribution in [1.29, 1.82) is 0 Å². The third-order valence-corrected chi connectivity index (χ3v) is 6.55. The first kappa shape index (κ1) is 20.4. The van der Waals surface area contributed by atoms with Crippen molar-refractivity contribution in [3.8, 4) is 0 Å². The van der Waals surface area contributed by atoms with Crippen molar-refractivity contribution in [2.45, 2.75) is 83.7 Å². The minimum absolute atomic E-state index is 0.0378. The lowest BCUT2D eigenvalue weighted by Gasteiger charge is -2.35. The van der Waals surface area contributed by atoms with Gasteiger partial charge in [-0.1, -0.05) is 84.6 Å². The van der Waals surface area contributed by atoms with E-state index in [1.807, 2.05) is 24.3 Å². The van der Waals surface area contributed by atoms with Crippen molar-refractivity contribution in [3.05, 3.63) is 35.4 Å². The lowest BCUT2D eigenvalue weighted by atomic mass is 9.83. The van der Waals surface area contributed by atoms with Crippen LogP contribution in [0.25, 0.3) is 0 Å². The van der Waals surface area contributed by atoms with Gasteiger partial charge in [-0.25, -0.2) is 0 Å². The Morgan fingerprint density at radius 1 is 0.870 bits per heavy atom. The molecule has 0 aromatic heterocycles. The summed E-state index contributed by atoms with van der Waals surface area (Å²) in [6.07, 6.45) is 4.62. The van der Waals surface area contributed by atoms with Gasteiger partial charge in [-0.05, 0) is 29.4 Å². The lowest BCUT2D eigenvalue weighted by Crippen LogP contribution is -2.27. The van der Waals surface area contributed by atoms with E-state index in [0.717, 1.165) is 31.2 Å². The van der Waals surface area contributed by atoms with Gasteiger partial charge in [-0.15, -0.1) is 0 Å². The molecule has 4 heteroatoms. The third-order valence-electron chi connectivity index (χ3n) is 4.73. The first-order valence-corrected chi connectivity index (χ1v) is 10.4. The minimum atomic E-state index is -4.24. The number of hydrogen-bond donors (Lipinski definition) is 2. The first-order chi connectivity index (χ1) is 10.6. The predicted molar refractivity (Wildman–Crippen MR) is 97.9 cm³/mol. The average molecular weight is 340 g/mol. The van der Waals surface area contributed by atoms with E-state index in [2.05, 4.69) is 34.6 Å². The van der Waals surface area contributed by atoms with Crippen molar-refractivity contribution in [3.63, 3.8) is 0 Å². The zero-order valence-corrected chi connectivity index (χ0v) is 16.2. The summed E-state index contributed by atoms with van der Waals surface area (Å²) < 4.78 is 12.4. The topological polar surface area (TPSA) is 57.5 Å². The van der Waals surface area contributed by atoms with Crippen LogP contribution in [-0.4, -0.2) is 9.79 Å². The van der Waals surface area contributed by atoms with Crippen LogP contribution in [0, 0.1) is 0 Å². The molecule has 0 saturated carbocycles. The molecule has 2 N–H and O–H groups in total. The van der Waals surface area contributed by atoms with Crippen molar-refractivity contribution in [2.24, 2.45) is 0 Å². The predicted octanol–water partition coefficient (Wildman–Crippen LogP) is 5.74. The fourth-order valence-electron chi connectivity index (χ4n) is 3.09. The normalized spacial score (nSPS) is 13.3. The van der Waals surface area contributed by atoms with E-state index in [0.29, 0.717) is 12.8 Å². The van der Waals surface area contributed by atoms with E-state index in [-0.39, 0.29) is 5.41 Å². The summed E-state index contributed by atoms with van der Waals surface area (Å²) in [4.78, 5) is 20.3. The molecule has 1 aromatic rings. The molecular weight excluding hydrogens is 307 g/mol. The lowest BCUT2D eigenvalue weighted by molar-refractivity contribution is 0.300. The number of hydrogen-bond acceptors (Lipinski definition) is 1. The monoisotopic (exact) mass is 340 g/mol. The third kappa shape index (κ3) is 4.92. The van der Waals surface area contributed by atoms with E-state index < -0.39 is 12.8 Å². The van der Waals surface area contributed by atoms with Gasteiger partial charge in [0, 0.05) is 0 Å². The van der Waals surface area contributed by atoms with Gasteiger partial charge in [0.25, 0.3) is 0 Å². The first-order valence-electron chi connectivity index (χ1n) is 8.75. The zero-order chi connectivity index (χ0) is 17.7. The van der Waals surface area contributed by atoms with Gasteiger partial charge < -0.3 is 9.79 Å². The zero-order valence-electron chi connectivity index (χ0n) is 15.3. The molecule has 0 heterocycles. The van der Waals surface area contributed by atoms with Crippen LogP contribution in [0.5, 0.6) is 0 Å². The average Bonchev–Trinajstić information content (AvgIpc) is 2.46.